The molecule has 0 spiro atoms. The molecule has 0 atom stereocenters. The molecule has 0 saturated carbocycles. The molecule has 0 heterocycles. The SMILES string of the molecule is OP(O)O.[CH3][Mo]([CH3])([CH3])(=[C]=O)(=[C]=O)(=[C]=O)(=[C]=O)=[C]=O. The van der Waals surface area contributed by atoms with Gasteiger partial charge in [0.1, 0.15) is 0 Å². The van der Waals surface area contributed by atoms with E-state index in [1.807, 2.05) is 0 Å². The topological polar surface area (TPSA) is 146 Å². The normalized spacial score (nSPS) is 18.4. The molecule has 0 aromatic heterocycles. The van der Waals surface area contributed by atoms with E-state index in [4.69, 9.17) is 14.7 Å². The Morgan fingerprint density at radius 2 is 0.778 bits per heavy atom. The summed E-state index contributed by atoms with van der Waals surface area (Å²) in [5.41, 5.74) is 0. The van der Waals surface area contributed by atoms with Gasteiger partial charge in [-0.05, 0) is 0 Å². The van der Waals surface area contributed by atoms with Crippen LogP contribution in [0.4, 0.5) is 0 Å². The quantitative estimate of drug-likeness (QED) is 0.365. The summed E-state index contributed by atoms with van der Waals surface area (Å²) in [4.78, 5) is 76.4. The fourth-order valence-corrected chi connectivity index (χ4v) is 1.01. The van der Waals surface area contributed by atoms with Crippen molar-refractivity contribution in [3.05, 3.63) is 0 Å². The summed E-state index contributed by atoms with van der Waals surface area (Å²) in [7, 11) is -10.3. The van der Waals surface area contributed by atoms with Gasteiger partial charge in [0, 0.05) is 0 Å². The van der Waals surface area contributed by atoms with Crippen LogP contribution in [0.1, 0.15) is 0 Å². The van der Waals surface area contributed by atoms with Crippen LogP contribution in [0.3, 0.4) is 0 Å². The first-order valence-corrected chi connectivity index (χ1v) is 16.1. The Hall–Kier alpha value is -1.10. The fourth-order valence-electron chi connectivity index (χ4n) is 0.170. The van der Waals surface area contributed by atoms with Crippen molar-refractivity contribution < 1.29 is 47.4 Å². The third kappa shape index (κ3) is 2.50. The Bertz CT molecular complexity index is 974. The second-order valence-electron chi connectivity index (χ2n) is 5.99. The fraction of sp³-hybridized carbons (Fsp3) is 0.375. The number of rotatable bonds is 0. The van der Waals surface area contributed by atoms with E-state index in [2.05, 4.69) is 0 Å². The van der Waals surface area contributed by atoms with Gasteiger partial charge in [0.2, 0.25) is 0 Å². The van der Waals surface area contributed by atoms with E-state index in [9.17, 15) is 24.0 Å². The van der Waals surface area contributed by atoms with Gasteiger partial charge in [0.25, 0.3) is 0 Å². The van der Waals surface area contributed by atoms with E-state index in [1.54, 1.807) is 0 Å². The second kappa shape index (κ2) is 2.90. The predicted molar refractivity (Wildman–Crippen MR) is 59.6 cm³/mol. The van der Waals surface area contributed by atoms with Gasteiger partial charge in [0.05, 0.1) is 0 Å². The Morgan fingerprint density at radius 1 is 0.667 bits per heavy atom. The molecule has 0 radical (unpaired) electrons. The molecule has 8 nitrogen and oxygen atoms in total. The van der Waals surface area contributed by atoms with Crippen molar-refractivity contribution in [2.75, 3.05) is 0 Å². The van der Waals surface area contributed by atoms with E-state index in [0.29, 0.717) is 15.9 Å². The van der Waals surface area contributed by atoms with Crippen molar-refractivity contribution in [3.63, 3.8) is 0 Å². The maximum absolute atomic E-state index is 10.9. The van der Waals surface area contributed by atoms with Gasteiger partial charge in [-0.2, -0.15) is 0 Å². The molecule has 0 unspecified atom stereocenters. The Balaban J connectivity index is 0. The summed E-state index contributed by atoms with van der Waals surface area (Å²) in [5.74, 6) is 0. The summed E-state index contributed by atoms with van der Waals surface area (Å²) >= 11 is 0. The van der Waals surface area contributed by atoms with E-state index in [-0.39, 0.29) is 0 Å². The molecule has 3 N–H and O–H groups in total. The van der Waals surface area contributed by atoms with Crippen LogP contribution in [0.15, 0.2) is 0 Å². The van der Waals surface area contributed by atoms with Gasteiger partial charge in [-0.25, -0.2) is 0 Å². The molecule has 18 heavy (non-hydrogen) atoms. The molecule has 0 aromatic carbocycles. The van der Waals surface area contributed by atoms with Gasteiger partial charge in [-0.15, -0.1) is 0 Å². The molecule has 103 valence electrons. The van der Waals surface area contributed by atoms with Gasteiger partial charge in [-0.3, -0.25) is 0 Å². The van der Waals surface area contributed by atoms with Gasteiger partial charge < -0.3 is 14.7 Å². The van der Waals surface area contributed by atoms with Crippen molar-refractivity contribution >= 4 is 29.9 Å². The minimum absolute atomic E-state index is 0.598. The Kier molecular flexibility index (Phi) is 3.10. The molecule has 0 aliphatic carbocycles. The van der Waals surface area contributed by atoms with Crippen LogP contribution in [0.2, 0.25) is 15.9 Å². The van der Waals surface area contributed by atoms with Crippen LogP contribution in [-0.4, -0.2) is 36.0 Å². The Morgan fingerprint density at radius 3 is 0.778 bits per heavy atom. The summed E-state index contributed by atoms with van der Waals surface area (Å²) in [6.45, 7) is 0. The summed E-state index contributed by atoms with van der Waals surface area (Å²) < 4.78 is 4.90. The number of carbonyl (C=O) groups excluding carboxylic acids is 5. The molecule has 0 fully saturated rings. The molecular formula is C8H12MoO8P. The van der Waals surface area contributed by atoms with Crippen molar-refractivity contribution in [1.82, 2.24) is 0 Å². The predicted octanol–water partition coefficient (Wildman–Crippen LogP) is -1.05. The zero-order chi connectivity index (χ0) is 15.5. The van der Waals surface area contributed by atoms with Crippen molar-refractivity contribution in [1.29, 1.82) is 0 Å². The summed E-state index contributed by atoms with van der Waals surface area (Å²) in [6, 6.07) is 0. The molecular weight excluding hydrogens is 351 g/mol. The van der Waals surface area contributed by atoms with E-state index >= 15 is 0 Å². The molecule has 0 amide bonds. The van der Waals surface area contributed by atoms with Crippen LogP contribution in [0, 0.1) is 0 Å². The zero-order valence-electron chi connectivity index (χ0n) is 9.74. The van der Waals surface area contributed by atoms with Crippen LogP contribution >= 0.6 is 8.60 Å². The van der Waals surface area contributed by atoms with Crippen LogP contribution in [-0.2, 0) is 32.7 Å². The first kappa shape index (κ1) is 19.2. The van der Waals surface area contributed by atoms with Gasteiger partial charge >= 0.3 is 78.6 Å². The van der Waals surface area contributed by atoms with E-state index in [0.717, 1.165) is 21.3 Å². The molecule has 0 bridgehead atoms. The molecule has 0 saturated heterocycles. The maximum atomic E-state index is 10.9. The van der Waals surface area contributed by atoms with Crippen molar-refractivity contribution in [3.8, 4) is 0 Å². The van der Waals surface area contributed by atoms with Crippen molar-refractivity contribution in [2.24, 2.45) is 0 Å². The second-order valence-corrected chi connectivity index (χ2v) is 34.7. The summed E-state index contributed by atoms with van der Waals surface area (Å²) in [5, 5.41) is 1.80. The first-order chi connectivity index (χ1) is 7.58. The Labute approximate surface area is 93.4 Å². The number of hydrogen-bond acceptors (Lipinski definition) is 8. The van der Waals surface area contributed by atoms with Crippen LogP contribution in [0.5, 0.6) is 0 Å². The summed E-state index contributed by atoms with van der Waals surface area (Å²) in [6.07, 6.45) is 0. The third-order valence-corrected chi connectivity index (χ3v) is 12.3. The van der Waals surface area contributed by atoms with E-state index in [1.165, 1.54) is 0 Å². The molecule has 10 heteroatoms. The molecule has 0 aromatic rings. The van der Waals surface area contributed by atoms with Crippen LogP contribution < -0.4 is 0 Å². The standard InChI is InChI=1S/5CO.3CH3.Mo.H3O3P/c5*1-2;;;;;1-4(2)3/h;;;;;3*1H3;;1-3H. The molecule has 0 rings (SSSR count). The average molecular weight is 363 g/mol. The zero-order valence-corrected chi connectivity index (χ0v) is 12.6. The number of hydrogen-bond donors (Lipinski definition) is 3. The first-order valence-electron chi connectivity index (χ1n) is 3.87. The minimum atomic E-state index is -7.64. The molecule has 0 aliphatic heterocycles. The van der Waals surface area contributed by atoms with E-state index < -0.39 is 17.4 Å². The monoisotopic (exact) mass is 365 g/mol. The third-order valence-electron chi connectivity index (χ3n) is 2.08. The van der Waals surface area contributed by atoms with Gasteiger partial charge in [-0.1, -0.05) is 0 Å². The average Bonchev–Trinajstić information content (AvgIpc) is 2.32. The molecule has 0 aliphatic rings. The van der Waals surface area contributed by atoms with Gasteiger partial charge in [0.15, 0.2) is 0 Å². The van der Waals surface area contributed by atoms with Crippen LogP contribution in [0.25, 0.3) is 0 Å². The van der Waals surface area contributed by atoms with Crippen molar-refractivity contribution in [2.45, 2.75) is 15.9 Å².